The summed E-state index contributed by atoms with van der Waals surface area (Å²) in [5.41, 5.74) is 3.44. The first-order valence-electron chi connectivity index (χ1n) is 10.3. The molecule has 1 aromatic carbocycles. The van der Waals surface area contributed by atoms with Crippen molar-refractivity contribution in [1.29, 1.82) is 0 Å². The van der Waals surface area contributed by atoms with E-state index < -0.39 is 0 Å². The highest BCUT2D eigenvalue weighted by Crippen LogP contribution is 2.12. The van der Waals surface area contributed by atoms with Crippen LogP contribution in [0.15, 0.2) is 30.3 Å². The summed E-state index contributed by atoms with van der Waals surface area (Å²) in [7, 11) is 1.89. The van der Waals surface area contributed by atoms with Gasteiger partial charge in [0.05, 0.1) is 17.9 Å². The fraction of sp³-hybridized carbons (Fsp3) is 0.522. The van der Waals surface area contributed by atoms with Crippen LogP contribution >= 0.6 is 0 Å². The van der Waals surface area contributed by atoms with Crippen molar-refractivity contribution in [2.75, 3.05) is 6.61 Å². The molecule has 0 radical (unpaired) electrons. The molecule has 0 saturated heterocycles. The lowest BCUT2D eigenvalue weighted by Crippen LogP contribution is -2.10. The van der Waals surface area contributed by atoms with Gasteiger partial charge in [-0.3, -0.25) is 9.48 Å². The molecule has 0 fully saturated rings. The number of hydrogen-bond acceptors (Lipinski definition) is 4. The largest absolute Gasteiger partial charge is 0.462 e. The lowest BCUT2D eigenvalue weighted by atomic mass is 10.0. The van der Waals surface area contributed by atoms with Crippen molar-refractivity contribution in [3.63, 3.8) is 0 Å². The molecule has 0 aliphatic carbocycles. The number of carbonyl (C=O) groups is 2. The molecule has 2 aromatic rings. The molecule has 0 saturated carbocycles. The van der Waals surface area contributed by atoms with Crippen LogP contribution in [0.5, 0.6) is 0 Å². The van der Waals surface area contributed by atoms with Gasteiger partial charge in [0, 0.05) is 25.6 Å². The average molecular weight is 385 g/mol. The number of ketones is 1. The van der Waals surface area contributed by atoms with Gasteiger partial charge in [-0.15, -0.1) is 0 Å². The van der Waals surface area contributed by atoms with Gasteiger partial charge in [0.25, 0.3) is 0 Å². The van der Waals surface area contributed by atoms with E-state index in [1.54, 1.807) is 12.1 Å². The van der Waals surface area contributed by atoms with Crippen molar-refractivity contribution in [1.82, 2.24) is 9.78 Å². The third-order valence-electron chi connectivity index (χ3n) is 4.76. The number of esters is 1. The van der Waals surface area contributed by atoms with E-state index in [2.05, 4.69) is 18.9 Å². The number of Topliss-reactive ketones (excluding diaryl/α,β-unsaturated/α-hetero) is 1. The number of rotatable bonds is 12. The molecule has 1 heterocycles. The quantitative estimate of drug-likeness (QED) is 0.400. The van der Waals surface area contributed by atoms with Crippen molar-refractivity contribution in [2.24, 2.45) is 7.05 Å². The summed E-state index contributed by atoms with van der Waals surface area (Å²) in [5.74, 6) is -0.168. The van der Waals surface area contributed by atoms with Crippen LogP contribution in [0.3, 0.4) is 0 Å². The maximum atomic E-state index is 12.5. The zero-order valence-electron chi connectivity index (χ0n) is 17.4. The lowest BCUT2D eigenvalue weighted by molar-refractivity contribution is -0.117. The normalized spacial score (nSPS) is 10.8. The number of carbonyl (C=O) groups excluding carboxylic acids is 2. The van der Waals surface area contributed by atoms with Gasteiger partial charge in [-0.25, -0.2) is 4.79 Å². The first kappa shape index (κ1) is 21.9. The van der Waals surface area contributed by atoms with Gasteiger partial charge in [-0.2, -0.15) is 5.10 Å². The summed E-state index contributed by atoms with van der Waals surface area (Å²) in [4.78, 5) is 24.4. The number of aromatic nitrogens is 2. The molecule has 0 spiro atoms. The van der Waals surface area contributed by atoms with E-state index in [0.717, 1.165) is 42.6 Å². The molecule has 0 amide bonds. The number of unbranched alkanes of at least 4 members (excludes halogenated alkanes) is 3. The van der Waals surface area contributed by atoms with E-state index in [4.69, 9.17) is 4.74 Å². The van der Waals surface area contributed by atoms with E-state index in [1.807, 2.05) is 29.9 Å². The molecule has 1 aromatic heterocycles. The Bertz CT molecular complexity index is 763. The molecule has 5 nitrogen and oxygen atoms in total. The van der Waals surface area contributed by atoms with Gasteiger partial charge in [-0.05, 0) is 43.0 Å². The summed E-state index contributed by atoms with van der Waals surface area (Å²) in [5, 5.41) is 4.52. The van der Waals surface area contributed by atoms with Crippen molar-refractivity contribution in [3.05, 3.63) is 52.8 Å². The number of hydrogen-bond donors (Lipinski definition) is 0. The summed E-state index contributed by atoms with van der Waals surface area (Å²) in [6.07, 6.45) is 7.07. The highest BCUT2D eigenvalue weighted by molar-refractivity contribution is 5.89. The molecule has 28 heavy (non-hydrogen) atoms. The lowest BCUT2D eigenvalue weighted by Gasteiger charge is -2.05. The highest BCUT2D eigenvalue weighted by Gasteiger charge is 2.12. The van der Waals surface area contributed by atoms with Crippen LogP contribution in [0.1, 0.15) is 73.3 Å². The Morgan fingerprint density at radius 1 is 1.00 bits per heavy atom. The van der Waals surface area contributed by atoms with Crippen LogP contribution in [-0.2, 0) is 35.8 Å². The second-order valence-corrected chi connectivity index (χ2v) is 7.29. The van der Waals surface area contributed by atoms with Gasteiger partial charge < -0.3 is 4.74 Å². The Morgan fingerprint density at radius 3 is 2.39 bits per heavy atom. The number of ether oxygens (including phenoxy) is 1. The van der Waals surface area contributed by atoms with Crippen molar-refractivity contribution >= 4 is 11.8 Å². The molecule has 5 heteroatoms. The van der Waals surface area contributed by atoms with Gasteiger partial charge in [-0.1, -0.05) is 45.2 Å². The van der Waals surface area contributed by atoms with E-state index in [0.29, 0.717) is 25.0 Å². The molecule has 0 aliphatic rings. The van der Waals surface area contributed by atoms with Gasteiger partial charge in [0.1, 0.15) is 5.78 Å². The van der Waals surface area contributed by atoms with Crippen molar-refractivity contribution in [3.8, 4) is 0 Å². The van der Waals surface area contributed by atoms with Crippen LogP contribution in [0.25, 0.3) is 0 Å². The topological polar surface area (TPSA) is 61.2 Å². The summed E-state index contributed by atoms with van der Waals surface area (Å²) in [6.45, 7) is 4.68. The average Bonchev–Trinajstić information content (AvgIpc) is 3.01. The summed E-state index contributed by atoms with van der Waals surface area (Å²) >= 11 is 0. The standard InChI is InChI=1S/C23H32N2O3/c1-4-6-8-9-20-16-21(25(3)24-20)17-22(26)15-18-10-12-19(13-11-18)23(27)28-14-7-5-2/h10-13,16H,4-9,14-15,17H2,1-3H3. The summed E-state index contributed by atoms with van der Waals surface area (Å²) < 4.78 is 7.02. The smallest absolute Gasteiger partial charge is 0.338 e. The fourth-order valence-electron chi connectivity index (χ4n) is 3.06. The predicted molar refractivity (Wildman–Crippen MR) is 110 cm³/mol. The molecular formula is C23H32N2O3. The first-order valence-corrected chi connectivity index (χ1v) is 10.3. The Kier molecular flexibility index (Phi) is 8.92. The molecule has 0 aliphatic heterocycles. The van der Waals surface area contributed by atoms with Crippen molar-refractivity contribution in [2.45, 2.75) is 65.2 Å². The van der Waals surface area contributed by atoms with Crippen LogP contribution in [-0.4, -0.2) is 28.1 Å². The molecule has 0 N–H and O–H groups in total. The second kappa shape index (κ2) is 11.4. The van der Waals surface area contributed by atoms with E-state index in [9.17, 15) is 9.59 Å². The minimum atomic E-state index is -0.309. The zero-order valence-corrected chi connectivity index (χ0v) is 17.4. The van der Waals surface area contributed by atoms with Crippen LogP contribution in [0.4, 0.5) is 0 Å². The maximum Gasteiger partial charge on any atom is 0.338 e. The Morgan fingerprint density at radius 2 is 1.71 bits per heavy atom. The van der Waals surface area contributed by atoms with E-state index in [1.165, 1.54) is 12.8 Å². The Balaban J connectivity index is 1.86. The molecule has 0 atom stereocenters. The molecule has 0 bridgehead atoms. The van der Waals surface area contributed by atoms with E-state index in [-0.39, 0.29) is 11.8 Å². The second-order valence-electron chi connectivity index (χ2n) is 7.29. The third-order valence-corrected chi connectivity index (χ3v) is 4.76. The van der Waals surface area contributed by atoms with Gasteiger partial charge >= 0.3 is 5.97 Å². The van der Waals surface area contributed by atoms with Gasteiger partial charge in [0.15, 0.2) is 0 Å². The van der Waals surface area contributed by atoms with E-state index >= 15 is 0 Å². The molecule has 152 valence electrons. The number of benzene rings is 1. The van der Waals surface area contributed by atoms with Crippen LogP contribution in [0, 0.1) is 0 Å². The zero-order chi connectivity index (χ0) is 20.4. The SMILES string of the molecule is CCCCCc1cc(CC(=O)Cc2ccc(C(=O)OCCCC)cc2)n(C)n1. The fourth-order valence-corrected chi connectivity index (χ4v) is 3.06. The van der Waals surface area contributed by atoms with Crippen molar-refractivity contribution < 1.29 is 14.3 Å². The molecule has 2 rings (SSSR count). The molecule has 0 unspecified atom stereocenters. The monoisotopic (exact) mass is 384 g/mol. The maximum absolute atomic E-state index is 12.5. The predicted octanol–water partition coefficient (Wildman–Crippen LogP) is 4.46. The Labute approximate surface area is 168 Å². The third kappa shape index (κ3) is 6.95. The minimum Gasteiger partial charge on any atom is -0.462 e. The number of nitrogens with zero attached hydrogens (tertiary/aromatic N) is 2. The van der Waals surface area contributed by atoms with Crippen LogP contribution < -0.4 is 0 Å². The van der Waals surface area contributed by atoms with Crippen LogP contribution in [0.2, 0.25) is 0 Å². The molecular weight excluding hydrogens is 352 g/mol. The minimum absolute atomic E-state index is 0.140. The first-order chi connectivity index (χ1) is 13.5. The summed E-state index contributed by atoms with van der Waals surface area (Å²) in [6, 6.07) is 9.16. The number of aryl methyl sites for hydroxylation is 2. The Hall–Kier alpha value is -2.43. The highest BCUT2D eigenvalue weighted by atomic mass is 16.5. The van der Waals surface area contributed by atoms with Gasteiger partial charge in [0.2, 0.25) is 0 Å².